The number of carbonyl (C=O) groups excluding carboxylic acids is 2. The van der Waals surface area contributed by atoms with E-state index in [0.29, 0.717) is 32.0 Å². The summed E-state index contributed by atoms with van der Waals surface area (Å²) in [6.45, 7) is 6.52. The van der Waals surface area contributed by atoms with Gasteiger partial charge in [0.15, 0.2) is 0 Å². The molecule has 0 aromatic rings. The molecule has 0 rings (SSSR count). The van der Waals surface area contributed by atoms with Crippen LogP contribution in [-0.2, 0) is 9.59 Å². The fourth-order valence-electron chi connectivity index (χ4n) is 2.14. The summed E-state index contributed by atoms with van der Waals surface area (Å²) in [5, 5.41) is 6.02. The number of carbonyl (C=O) groups is 2. The highest BCUT2D eigenvalue weighted by Gasteiger charge is 2.12. The standard InChI is InChI=1S/C17H31N3O2/c1-3-10-20-17(22)8-11-19-13-16(14-21)12-15(2)7-5-4-6-9-18/h14-16,19H,3,5,7-13,18H2,1-2H3,(H,20,22)/t15-,16-/m1/s1. The molecule has 0 aromatic heterocycles. The van der Waals surface area contributed by atoms with Crippen molar-refractivity contribution in [2.45, 2.75) is 46.0 Å². The zero-order valence-corrected chi connectivity index (χ0v) is 14.0. The maximum atomic E-state index is 11.4. The molecule has 22 heavy (non-hydrogen) atoms. The van der Waals surface area contributed by atoms with Crippen molar-refractivity contribution in [3.05, 3.63) is 0 Å². The van der Waals surface area contributed by atoms with Gasteiger partial charge in [0.2, 0.25) is 5.91 Å². The van der Waals surface area contributed by atoms with Gasteiger partial charge in [-0.05, 0) is 25.2 Å². The predicted molar refractivity (Wildman–Crippen MR) is 90.2 cm³/mol. The summed E-state index contributed by atoms with van der Waals surface area (Å²) in [6, 6.07) is 0. The van der Waals surface area contributed by atoms with Crippen molar-refractivity contribution >= 4 is 12.2 Å². The first-order chi connectivity index (χ1) is 10.6. The Kier molecular flexibility index (Phi) is 13.6. The maximum absolute atomic E-state index is 11.4. The van der Waals surface area contributed by atoms with Gasteiger partial charge in [-0.3, -0.25) is 4.79 Å². The van der Waals surface area contributed by atoms with Gasteiger partial charge in [0.25, 0.3) is 0 Å². The molecule has 5 heteroatoms. The Morgan fingerprint density at radius 2 is 2.09 bits per heavy atom. The monoisotopic (exact) mass is 309 g/mol. The van der Waals surface area contributed by atoms with Crippen LogP contribution in [0.2, 0.25) is 0 Å². The molecule has 0 bridgehead atoms. The lowest BCUT2D eigenvalue weighted by atomic mass is 9.93. The smallest absolute Gasteiger partial charge is 0.221 e. The lowest BCUT2D eigenvalue weighted by Crippen LogP contribution is -2.31. The fourth-order valence-corrected chi connectivity index (χ4v) is 2.14. The van der Waals surface area contributed by atoms with Crippen LogP contribution in [0.15, 0.2) is 0 Å². The van der Waals surface area contributed by atoms with Crippen molar-refractivity contribution in [1.82, 2.24) is 10.6 Å². The van der Waals surface area contributed by atoms with Gasteiger partial charge in [-0.15, -0.1) is 5.92 Å². The van der Waals surface area contributed by atoms with E-state index in [1.165, 1.54) is 0 Å². The third-order valence-electron chi connectivity index (χ3n) is 3.39. The van der Waals surface area contributed by atoms with Crippen LogP contribution in [0.5, 0.6) is 0 Å². The van der Waals surface area contributed by atoms with E-state index in [0.717, 1.165) is 38.5 Å². The van der Waals surface area contributed by atoms with E-state index in [1.54, 1.807) is 0 Å². The molecule has 0 heterocycles. The largest absolute Gasteiger partial charge is 0.356 e. The lowest BCUT2D eigenvalue weighted by molar-refractivity contribution is -0.120. The molecular formula is C17H31N3O2. The molecule has 2 atom stereocenters. The summed E-state index contributed by atoms with van der Waals surface area (Å²) < 4.78 is 0. The first kappa shape index (κ1) is 20.6. The molecule has 0 unspecified atom stereocenters. The second-order valence-electron chi connectivity index (χ2n) is 5.64. The van der Waals surface area contributed by atoms with Crippen LogP contribution >= 0.6 is 0 Å². The van der Waals surface area contributed by atoms with Crippen LogP contribution in [0.1, 0.15) is 46.0 Å². The third kappa shape index (κ3) is 12.4. The molecule has 0 aliphatic rings. The van der Waals surface area contributed by atoms with Gasteiger partial charge < -0.3 is 21.2 Å². The highest BCUT2D eigenvalue weighted by atomic mass is 16.1. The Hall–Kier alpha value is -1.38. The van der Waals surface area contributed by atoms with Crippen LogP contribution in [0, 0.1) is 23.7 Å². The van der Waals surface area contributed by atoms with E-state index in [9.17, 15) is 9.59 Å². The number of hydrogen-bond acceptors (Lipinski definition) is 4. The first-order valence-electron chi connectivity index (χ1n) is 8.22. The number of hydrogen-bond donors (Lipinski definition) is 3. The third-order valence-corrected chi connectivity index (χ3v) is 3.39. The van der Waals surface area contributed by atoms with Crippen LogP contribution in [0.25, 0.3) is 0 Å². The van der Waals surface area contributed by atoms with Crippen molar-refractivity contribution in [2.24, 2.45) is 17.6 Å². The molecule has 0 aliphatic heterocycles. The molecule has 0 aliphatic carbocycles. The molecule has 0 spiro atoms. The van der Waals surface area contributed by atoms with Gasteiger partial charge >= 0.3 is 0 Å². The Balaban J connectivity index is 3.78. The van der Waals surface area contributed by atoms with Crippen molar-refractivity contribution in [1.29, 1.82) is 0 Å². The molecule has 5 nitrogen and oxygen atoms in total. The SMILES string of the molecule is CCCNC(=O)CCNC[C@H](C=O)C[C@H](C)CCC#CCN. The normalized spacial score (nSPS) is 12.9. The molecule has 0 radical (unpaired) electrons. The Labute approximate surface area is 134 Å². The molecule has 4 N–H and O–H groups in total. The maximum Gasteiger partial charge on any atom is 0.221 e. The zero-order chi connectivity index (χ0) is 16.6. The highest BCUT2D eigenvalue weighted by molar-refractivity contribution is 5.75. The zero-order valence-electron chi connectivity index (χ0n) is 14.0. The van der Waals surface area contributed by atoms with Gasteiger partial charge in [-0.2, -0.15) is 0 Å². The first-order valence-corrected chi connectivity index (χ1v) is 8.22. The minimum atomic E-state index is -0.00355. The highest BCUT2D eigenvalue weighted by Crippen LogP contribution is 2.15. The van der Waals surface area contributed by atoms with Gasteiger partial charge in [0.1, 0.15) is 6.29 Å². The van der Waals surface area contributed by atoms with Crippen LogP contribution < -0.4 is 16.4 Å². The quantitative estimate of drug-likeness (QED) is 0.286. The van der Waals surface area contributed by atoms with Crippen LogP contribution in [-0.4, -0.2) is 38.4 Å². The molecule has 0 saturated heterocycles. The van der Waals surface area contributed by atoms with Gasteiger partial charge in [-0.1, -0.05) is 19.8 Å². The van der Waals surface area contributed by atoms with Crippen molar-refractivity contribution in [3.63, 3.8) is 0 Å². The Morgan fingerprint density at radius 3 is 2.73 bits per heavy atom. The summed E-state index contributed by atoms with van der Waals surface area (Å²) in [4.78, 5) is 22.5. The summed E-state index contributed by atoms with van der Waals surface area (Å²) in [5.74, 6) is 6.37. The van der Waals surface area contributed by atoms with E-state index in [2.05, 4.69) is 29.4 Å². The summed E-state index contributed by atoms with van der Waals surface area (Å²) in [5.41, 5.74) is 5.31. The van der Waals surface area contributed by atoms with E-state index in [4.69, 9.17) is 5.73 Å². The molecule has 126 valence electrons. The Bertz CT molecular complexity index is 361. The Morgan fingerprint density at radius 1 is 1.32 bits per heavy atom. The molecule has 0 saturated carbocycles. The number of aldehydes is 1. The molecular weight excluding hydrogens is 278 g/mol. The van der Waals surface area contributed by atoms with Crippen molar-refractivity contribution in [2.75, 3.05) is 26.2 Å². The number of rotatable bonds is 12. The summed E-state index contributed by atoms with van der Waals surface area (Å²) >= 11 is 0. The lowest BCUT2D eigenvalue weighted by Gasteiger charge is -2.16. The average molecular weight is 309 g/mol. The molecule has 0 aromatic carbocycles. The van der Waals surface area contributed by atoms with Crippen LogP contribution in [0.4, 0.5) is 0 Å². The van der Waals surface area contributed by atoms with E-state index in [-0.39, 0.29) is 11.8 Å². The average Bonchev–Trinajstić information content (AvgIpc) is 2.52. The number of amides is 1. The summed E-state index contributed by atoms with van der Waals surface area (Å²) in [7, 11) is 0. The second-order valence-corrected chi connectivity index (χ2v) is 5.64. The van der Waals surface area contributed by atoms with E-state index in [1.807, 2.05) is 6.92 Å². The van der Waals surface area contributed by atoms with Crippen LogP contribution in [0.3, 0.4) is 0 Å². The van der Waals surface area contributed by atoms with Gasteiger partial charge in [0, 0.05) is 38.4 Å². The molecule has 0 fully saturated rings. The number of nitrogens with two attached hydrogens (primary N) is 1. The fraction of sp³-hybridized carbons (Fsp3) is 0.765. The predicted octanol–water partition coefficient (Wildman–Crippen LogP) is 1.08. The topological polar surface area (TPSA) is 84.2 Å². The second kappa shape index (κ2) is 14.6. The van der Waals surface area contributed by atoms with E-state index < -0.39 is 0 Å². The molecule has 1 amide bonds. The minimum absolute atomic E-state index is 0.00355. The van der Waals surface area contributed by atoms with E-state index >= 15 is 0 Å². The van der Waals surface area contributed by atoms with Gasteiger partial charge in [-0.25, -0.2) is 0 Å². The number of nitrogens with one attached hydrogen (secondary N) is 2. The van der Waals surface area contributed by atoms with Gasteiger partial charge in [0.05, 0.1) is 6.54 Å². The minimum Gasteiger partial charge on any atom is -0.356 e. The van der Waals surface area contributed by atoms with Crippen molar-refractivity contribution < 1.29 is 9.59 Å². The van der Waals surface area contributed by atoms with Crippen molar-refractivity contribution in [3.8, 4) is 11.8 Å². The summed E-state index contributed by atoms with van der Waals surface area (Å²) in [6.07, 6.45) is 5.07.